The standard InChI is InChI=1S/C14H22N4O2/c1-2-13(14(15)17-19)16-11-3-5-12(6-4-11)18-7-9-20-10-8-18/h3-6,13,16,19H,2,7-10H2,1H3,(H2,15,17). The first-order valence-electron chi connectivity index (χ1n) is 6.91. The number of hydrogen-bond donors (Lipinski definition) is 3. The Labute approximate surface area is 119 Å². The number of amidine groups is 1. The molecule has 0 amide bonds. The van der Waals surface area contributed by atoms with Gasteiger partial charge in [0.05, 0.1) is 19.3 Å². The number of benzene rings is 1. The molecule has 6 heteroatoms. The summed E-state index contributed by atoms with van der Waals surface area (Å²) in [4.78, 5) is 2.30. The fourth-order valence-electron chi connectivity index (χ4n) is 2.25. The molecule has 0 spiro atoms. The van der Waals surface area contributed by atoms with Crippen LogP contribution in [-0.2, 0) is 4.74 Å². The largest absolute Gasteiger partial charge is 0.409 e. The number of nitrogens with one attached hydrogen (secondary N) is 1. The van der Waals surface area contributed by atoms with Gasteiger partial charge in [0, 0.05) is 24.5 Å². The molecule has 0 aromatic heterocycles. The van der Waals surface area contributed by atoms with Gasteiger partial charge < -0.3 is 25.9 Å². The van der Waals surface area contributed by atoms with Crippen LogP contribution in [0.25, 0.3) is 0 Å². The molecule has 0 saturated carbocycles. The lowest BCUT2D eigenvalue weighted by molar-refractivity contribution is 0.122. The molecule has 1 unspecified atom stereocenters. The summed E-state index contributed by atoms with van der Waals surface area (Å²) in [6, 6.07) is 8.02. The van der Waals surface area contributed by atoms with Crippen LogP contribution in [0.4, 0.5) is 11.4 Å². The molecule has 1 aromatic carbocycles. The van der Waals surface area contributed by atoms with Crippen LogP contribution in [0.3, 0.4) is 0 Å². The highest BCUT2D eigenvalue weighted by Gasteiger charge is 2.13. The highest BCUT2D eigenvalue weighted by atomic mass is 16.5. The molecule has 20 heavy (non-hydrogen) atoms. The maximum atomic E-state index is 8.73. The maximum Gasteiger partial charge on any atom is 0.161 e. The van der Waals surface area contributed by atoms with Gasteiger partial charge in [0.1, 0.15) is 0 Å². The van der Waals surface area contributed by atoms with Crippen molar-refractivity contribution in [2.75, 3.05) is 36.5 Å². The Kier molecular flexibility index (Phi) is 5.06. The van der Waals surface area contributed by atoms with E-state index in [0.29, 0.717) is 0 Å². The second-order valence-corrected chi connectivity index (χ2v) is 4.78. The molecule has 0 bridgehead atoms. The van der Waals surface area contributed by atoms with E-state index in [1.807, 2.05) is 19.1 Å². The van der Waals surface area contributed by atoms with Crippen molar-refractivity contribution in [3.63, 3.8) is 0 Å². The van der Waals surface area contributed by atoms with Crippen molar-refractivity contribution in [1.29, 1.82) is 0 Å². The number of rotatable bonds is 5. The summed E-state index contributed by atoms with van der Waals surface area (Å²) in [5.41, 5.74) is 7.79. The Morgan fingerprint density at radius 3 is 2.60 bits per heavy atom. The highest BCUT2D eigenvalue weighted by Crippen LogP contribution is 2.19. The first-order chi connectivity index (χ1) is 9.74. The summed E-state index contributed by atoms with van der Waals surface area (Å²) in [6.07, 6.45) is 0.751. The normalized spacial score (nSPS) is 17.9. The Morgan fingerprint density at radius 1 is 1.40 bits per heavy atom. The van der Waals surface area contributed by atoms with E-state index in [2.05, 4.69) is 27.5 Å². The SMILES string of the molecule is CCC(Nc1ccc(N2CCOCC2)cc1)C(N)=NO. The van der Waals surface area contributed by atoms with Crippen molar-refractivity contribution in [2.24, 2.45) is 10.9 Å². The molecule has 1 atom stereocenters. The van der Waals surface area contributed by atoms with Crippen molar-refractivity contribution in [3.8, 4) is 0 Å². The lowest BCUT2D eigenvalue weighted by atomic mass is 10.2. The summed E-state index contributed by atoms with van der Waals surface area (Å²) < 4.78 is 5.35. The molecule has 1 aromatic rings. The molecular formula is C14H22N4O2. The van der Waals surface area contributed by atoms with Crippen LogP contribution in [0.5, 0.6) is 0 Å². The number of ether oxygens (including phenoxy) is 1. The molecule has 110 valence electrons. The van der Waals surface area contributed by atoms with Crippen LogP contribution in [0.2, 0.25) is 0 Å². The smallest absolute Gasteiger partial charge is 0.161 e. The minimum atomic E-state index is -0.158. The number of morpholine rings is 1. The summed E-state index contributed by atoms with van der Waals surface area (Å²) in [5.74, 6) is 0.199. The predicted molar refractivity (Wildman–Crippen MR) is 80.6 cm³/mol. The molecule has 0 radical (unpaired) electrons. The van der Waals surface area contributed by atoms with Crippen molar-refractivity contribution in [2.45, 2.75) is 19.4 Å². The Bertz CT molecular complexity index is 441. The molecule has 6 nitrogen and oxygen atoms in total. The van der Waals surface area contributed by atoms with Gasteiger partial charge in [-0.1, -0.05) is 12.1 Å². The molecule has 1 heterocycles. The van der Waals surface area contributed by atoms with E-state index in [1.54, 1.807) is 0 Å². The molecule has 1 saturated heterocycles. The zero-order valence-electron chi connectivity index (χ0n) is 11.7. The first-order valence-corrected chi connectivity index (χ1v) is 6.91. The van der Waals surface area contributed by atoms with Crippen LogP contribution in [-0.4, -0.2) is 43.4 Å². The van der Waals surface area contributed by atoms with Gasteiger partial charge in [-0.2, -0.15) is 0 Å². The molecular weight excluding hydrogens is 256 g/mol. The topological polar surface area (TPSA) is 83.1 Å². The van der Waals surface area contributed by atoms with Gasteiger partial charge >= 0.3 is 0 Å². The van der Waals surface area contributed by atoms with Gasteiger partial charge in [0.15, 0.2) is 5.84 Å². The quantitative estimate of drug-likeness (QED) is 0.329. The summed E-state index contributed by atoms with van der Waals surface area (Å²) in [6.45, 7) is 5.39. The van der Waals surface area contributed by atoms with Crippen molar-refractivity contribution < 1.29 is 9.94 Å². The summed E-state index contributed by atoms with van der Waals surface area (Å²) in [5, 5.41) is 15.0. The average molecular weight is 278 g/mol. The zero-order chi connectivity index (χ0) is 14.4. The fourth-order valence-corrected chi connectivity index (χ4v) is 2.25. The molecule has 1 aliphatic rings. The second kappa shape index (κ2) is 7.00. The number of nitrogens with zero attached hydrogens (tertiary/aromatic N) is 2. The Morgan fingerprint density at radius 2 is 2.05 bits per heavy atom. The number of hydrogen-bond acceptors (Lipinski definition) is 5. The van der Waals surface area contributed by atoms with E-state index in [-0.39, 0.29) is 11.9 Å². The minimum Gasteiger partial charge on any atom is -0.409 e. The van der Waals surface area contributed by atoms with Gasteiger partial charge in [-0.3, -0.25) is 0 Å². The number of anilines is 2. The third-order valence-electron chi connectivity index (χ3n) is 3.47. The van der Waals surface area contributed by atoms with E-state index < -0.39 is 0 Å². The lowest BCUT2D eigenvalue weighted by Crippen LogP contribution is -2.36. The molecule has 4 N–H and O–H groups in total. The highest BCUT2D eigenvalue weighted by molar-refractivity contribution is 5.87. The predicted octanol–water partition coefficient (Wildman–Crippen LogP) is 1.46. The van der Waals surface area contributed by atoms with Gasteiger partial charge in [-0.25, -0.2) is 0 Å². The van der Waals surface area contributed by atoms with Crippen molar-refractivity contribution in [3.05, 3.63) is 24.3 Å². The van der Waals surface area contributed by atoms with E-state index >= 15 is 0 Å². The summed E-state index contributed by atoms with van der Waals surface area (Å²) in [7, 11) is 0. The van der Waals surface area contributed by atoms with Gasteiger partial charge in [-0.15, -0.1) is 0 Å². The second-order valence-electron chi connectivity index (χ2n) is 4.78. The van der Waals surface area contributed by atoms with Crippen molar-refractivity contribution >= 4 is 17.2 Å². The Balaban J connectivity index is 2.00. The number of oxime groups is 1. The first kappa shape index (κ1) is 14.5. The van der Waals surface area contributed by atoms with Gasteiger partial charge in [0.2, 0.25) is 0 Å². The minimum absolute atomic E-state index is 0.158. The maximum absolute atomic E-state index is 8.73. The lowest BCUT2D eigenvalue weighted by Gasteiger charge is -2.29. The Hall–Kier alpha value is -1.95. The van der Waals surface area contributed by atoms with E-state index in [4.69, 9.17) is 15.7 Å². The average Bonchev–Trinajstić information content (AvgIpc) is 2.53. The van der Waals surface area contributed by atoms with Crippen LogP contribution in [0.1, 0.15) is 13.3 Å². The third-order valence-corrected chi connectivity index (χ3v) is 3.47. The molecule has 2 rings (SSSR count). The van der Waals surface area contributed by atoms with Crippen LogP contribution in [0, 0.1) is 0 Å². The fraction of sp³-hybridized carbons (Fsp3) is 0.500. The van der Waals surface area contributed by atoms with Gasteiger partial charge in [0.25, 0.3) is 0 Å². The molecule has 1 fully saturated rings. The van der Waals surface area contributed by atoms with Crippen LogP contribution >= 0.6 is 0 Å². The van der Waals surface area contributed by atoms with E-state index in [0.717, 1.165) is 38.4 Å². The van der Waals surface area contributed by atoms with E-state index in [9.17, 15) is 0 Å². The van der Waals surface area contributed by atoms with Crippen LogP contribution < -0.4 is 16.0 Å². The number of nitrogens with two attached hydrogens (primary N) is 1. The zero-order valence-corrected chi connectivity index (χ0v) is 11.7. The monoisotopic (exact) mass is 278 g/mol. The van der Waals surface area contributed by atoms with E-state index in [1.165, 1.54) is 5.69 Å². The van der Waals surface area contributed by atoms with Crippen LogP contribution in [0.15, 0.2) is 29.4 Å². The van der Waals surface area contributed by atoms with Gasteiger partial charge in [-0.05, 0) is 30.7 Å². The summed E-state index contributed by atoms with van der Waals surface area (Å²) >= 11 is 0. The molecule has 0 aliphatic carbocycles. The molecule has 1 aliphatic heterocycles. The third kappa shape index (κ3) is 3.54. The van der Waals surface area contributed by atoms with Crippen molar-refractivity contribution in [1.82, 2.24) is 0 Å².